The zero-order valence-electron chi connectivity index (χ0n) is 22.2. The smallest absolute Gasteiger partial charge is 0.378 e. The molecule has 3 aromatic rings. The number of rotatable bonds is 6. The second kappa shape index (κ2) is 11.1. The van der Waals surface area contributed by atoms with Crippen LogP contribution in [0, 0.1) is 0 Å². The van der Waals surface area contributed by atoms with E-state index in [0.29, 0.717) is 56.4 Å². The summed E-state index contributed by atoms with van der Waals surface area (Å²) < 4.78 is 44.7. The molecule has 0 spiro atoms. The van der Waals surface area contributed by atoms with E-state index >= 15 is 0 Å². The molecule has 0 aliphatic carbocycles. The number of piperazine rings is 1. The Balaban J connectivity index is 1.11. The van der Waals surface area contributed by atoms with Gasteiger partial charge in [-0.2, -0.15) is 18.2 Å². The Labute approximate surface area is 234 Å². The summed E-state index contributed by atoms with van der Waals surface area (Å²) in [6.45, 7) is 3.05. The van der Waals surface area contributed by atoms with Crippen LogP contribution < -0.4 is 10.6 Å². The third kappa shape index (κ3) is 6.20. The molecule has 41 heavy (non-hydrogen) atoms. The number of hydrogen-bond donors (Lipinski definition) is 2. The van der Waals surface area contributed by atoms with Crippen LogP contribution in [0.3, 0.4) is 0 Å². The molecule has 2 atom stereocenters. The van der Waals surface area contributed by atoms with Crippen LogP contribution in [-0.4, -0.2) is 93.9 Å². The maximum absolute atomic E-state index is 13.1. The topological polar surface area (TPSA) is 104 Å². The van der Waals surface area contributed by atoms with Crippen LogP contribution in [0.15, 0.2) is 48.7 Å². The summed E-state index contributed by atoms with van der Waals surface area (Å²) in [5.74, 6) is -0.124. The molecular formula is C28H30F3N7O3. The number of amides is 2. The molecule has 2 saturated heterocycles. The van der Waals surface area contributed by atoms with E-state index in [0.717, 1.165) is 16.8 Å². The second-order valence-electron chi connectivity index (χ2n) is 10.6. The summed E-state index contributed by atoms with van der Waals surface area (Å²) in [6, 6.07) is 11.3. The van der Waals surface area contributed by atoms with Crippen LogP contribution in [-0.2, 0) is 9.53 Å². The van der Waals surface area contributed by atoms with Gasteiger partial charge in [0.1, 0.15) is 0 Å². The molecule has 0 saturated carbocycles. The Hall–Kier alpha value is -3.97. The lowest BCUT2D eigenvalue weighted by molar-refractivity contribution is -0.148. The normalized spacial score (nSPS) is 21.1. The number of carbonyl (C=O) groups is 2. The van der Waals surface area contributed by atoms with Crippen molar-refractivity contribution in [1.29, 1.82) is 0 Å². The van der Waals surface area contributed by atoms with Crippen LogP contribution in [0.2, 0.25) is 0 Å². The van der Waals surface area contributed by atoms with E-state index in [1.807, 2.05) is 35.2 Å². The Morgan fingerprint density at radius 2 is 1.83 bits per heavy atom. The maximum Gasteiger partial charge on any atom is 0.389 e. The summed E-state index contributed by atoms with van der Waals surface area (Å²) in [6.07, 6.45) is -1.85. The minimum absolute atomic E-state index is 0.00757. The van der Waals surface area contributed by atoms with Gasteiger partial charge >= 0.3 is 6.18 Å². The van der Waals surface area contributed by atoms with Crippen molar-refractivity contribution < 1.29 is 27.5 Å². The van der Waals surface area contributed by atoms with Crippen LogP contribution in [0.1, 0.15) is 35.2 Å². The fourth-order valence-corrected chi connectivity index (χ4v) is 5.53. The number of halogens is 3. The van der Waals surface area contributed by atoms with Crippen LogP contribution in [0.5, 0.6) is 0 Å². The van der Waals surface area contributed by atoms with E-state index in [9.17, 15) is 22.8 Å². The number of morpholine rings is 1. The van der Waals surface area contributed by atoms with Gasteiger partial charge in [0.25, 0.3) is 5.91 Å². The zero-order valence-corrected chi connectivity index (χ0v) is 22.2. The van der Waals surface area contributed by atoms with Crippen molar-refractivity contribution in [1.82, 2.24) is 29.7 Å². The highest BCUT2D eigenvalue weighted by atomic mass is 19.4. The van der Waals surface area contributed by atoms with Crippen molar-refractivity contribution in [3.05, 3.63) is 59.8 Å². The molecule has 0 radical (unpaired) electrons. The number of carbonyl (C=O) groups excluding carboxylic acids is 2. The number of nitrogens with one attached hydrogen (secondary N) is 2. The Morgan fingerprint density at radius 1 is 1.07 bits per heavy atom. The van der Waals surface area contributed by atoms with Gasteiger partial charge in [-0.05, 0) is 48.4 Å². The standard InChI is InChI=1S/C28H30F3N7O3/c29-28(30,31)10-7-24(39)36-12-8-18(9-13-36)23-2-1-11-38-25(23)34-27(35-38)33-20-5-3-19(4-6-20)26(40)37-14-21-16-41-17-22(15-37)32-21/h1-6,8,11,21-22,32H,7,9-10,12-17H2,(H,33,35). The number of anilines is 2. The third-order valence-corrected chi connectivity index (χ3v) is 7.56. The van der Waals surface area contributed by atoms with Crippen molar-refractivity contribution in [3.63, 3.8) is 0 Å². The fraction of sp³-hybridized carbons (Fsp3) is 0.429. The molecule has 2 fully saturated rings. The van der Waals surface area contributed by atoms with E-state index in [2.05, 4.69) is 20.7 Å². The molecule has 3 aliphatic rings. The van der Waals surface area contributed by atoms with Gasteiger partial charge in [-0.15, -0.1) is 5.10 Å². The lowest BCUT2D eigenvalue weighted by Gasteiger charge is -2.42. The molecule has 5 heterocycles. The first-order valence-corrected chi connectivity index (χ1v) is 13.6. The van der Waals surface area contributed by atoms with Crippen molar-refractivity contribution in [3.8, 4) is 0 Å². The van der Waals surface area contributed by atoms with Crippen LogP contribution >= 0.6 is 0 Å². The van der Waals surface area contributed by atoms with E-state index in [1.165, 1.54) is 4.90 Å². The highest BCUT2D eigenvalue weighted by Crippen LogP contribution is 2.28. The fourth-order valence-electron chi connectivity index (χ4n) is 5.53. The largest absolute Gasteiger partial charge is 0.389 e. The SMILES string of the molecule is O=C(CCC(F)(F)F)N1CC=C(c2cccn3nc(Nc4ccc(C(=O)N5CC6COCC(C5)N6)cc4)nc23)CC1. The van der Waals surface area contributed by atoms with Crippen LogP contribution in [0.25, 0.3) is 11.2 Å². The quantitative estimate of drug-likeness (QED) is 0.470. The zero-order chi connectivity index (χ0) is 28.6. The third-order valence-electron chi connectivity index (χ3n) is 7.56. The van der Waals surface area contributed by atoms with Gasteiger partial charge < -0.3 is 25.2 Å². The van der Waals surface area contributed by atoms with Gasteiger partial charge in [-0.3, -0.25) is 9.59 Å². The number of alkyl halides is 3. The van der Waals surface area contributed by atoms with Gasteiger partial charge in [0.2, 0.25) is 11.9 Å². The molecule has 10 nitrogen and oxygen atoms in total. The summed E-state index contributed by atoms with van der Waals surface area (Å²) >= 11 is 0. The summed E-state index contributed by atoms with van der Waals surface area (Å²) in [7, 11) is 0. The van der Waals surface area contributed by atoms with Crippen molar-refractivity contribution in [2.75, 3.05) is 44.7 Å². The molecule has 2 unspecified atom stereocenters. The van der Waals surface area contributed by atoms with E-state index in [1.54, 1.807) is 22.8 Å². The predicted molar refractivity (Wildman–Crippen MR) is 145 cm³/mol. The molecule has 13 heteroatoms. The van der Waals surface area contributed by atoms with Gasteiger partial charge in [0.15, 0.2) is 5.65 Å². The van der Waals surface area contributed by atoms with Gasteiger partial charge in [-0.1, -0.05) is 6.08 Å². The molecule has 1 aromatic carbocycles. The lowest BCUT2D eigenvalue weighted by atomic mass is 10.00. The summed E-state index contributed by atoms with van der Waals surface area (Å²) in [4.78, 5) is 33.2. The first-order chi connectivity index (χ1) is 19.7. The first-order valence-electron chi connectivity index (χ1n) is 13.6. The molecule has 2 bridgehead atoms. The number of aromatic nitrogens is 3. The second-order valence-corrected chi connectivity index (χ2v) is 10.6. The minimum Gasteiger partial charge on any atom is -0.378 e. The van der Waals surface area contributed by atoms with Gasteiger partial charge in [0.05, 0.1) is 19.6 Å². The van der Waals surface area contributed by atoms with Gasteiger partial charge in [0, 0.05) is 67.7 Å². The molecule has 6 rings (SSSR count). The molecule has 2 aromatic heterocycles. The van der Waals surface area contributed by atoms with Crippen molar-refractivity contribution >= 4 is 34.7 Å². The lowest BCUT2D eigenvalue weighted by Crippen LogP contribution is -2.63. The predicted octanol–water partition coefficient (Wildman–Crippen LogP) is 3.24. The number of ether oxygens (including phenoxy) is 1. The Morgan fingerprint density at radius 3 is 2.51 bits per heavy atom. The Kier molecular flexibility index (Phi) is 7.39. The number of hydrogen-bond acceptors (Lipinski definition) is 7. The molecular weight excluding hydrogens is 539 g/mol. The first kappa shape index (κ1) is 27.2. The highest BCUT2D eigenvalue weighted by molar-refractivity contribution is 5.94. The van der Waals surface area contributed by atoms with E-state index in [4.69, 9.17) is 4.74 Å². The molecule has 3 aliphatic heterocycles. The Bertz CT molecular complexity index is 1460. The van der Waals surface area contributed by atoms with Crippen LogP contribution in [0.4, 0.5) is 24.8 Å². The molecule has 2 N–H and O–H groups in total. The van der Waals surface area contributed by atoms with Crippen molar-refractivity contribution in [2.45, 2.75) is 37.5 Å². The number of nitrogens with zero attached hydrogens (tertiary/aromatic N) is 5. The van der Waals surface area contributed by atoms with Crippen molar-refractivity contribution in [2.24, 2.45) is 0 Å². The average molecular weight is 570 g/mol. The number of benzene rings is 1. The monoisotopic (exact) mass is 569 g/mol. The number of pyridine rings is 1. The number of fused-ring (bicyclic) bond motifs is 3. The van der Waals surface area contributed by atoms with Gasteiger partial charge in [-0.25, -0.2) is 4.52 Å². The molecule has 2 amide bonds. The van der Waals surface area contributed by atoms with E-state index in [-0.39, 0.29) is 24.5 Å². The highest BCUT2D eigenvalue weighted by Gasteiger charge is 2.33. The minimum atomic E-state index is -4.35. The maximum atomic E-state index is 13.1. The molecule has 216 valence electrons. The summed E-state index contributed by atoms with van der Waals surface area (Å²) in [5, 5.41) is 11.2. The van der Waals surface area contributed by atoms with E-state index < -0.39 is 24.9 Å². The summed E-state index contributed by atoms with van der Waals surface area (Å²) in [5.41, 5.74) is 3.77. The average Bonchev–Trinajstić information content (AvgIpc) is 3.38.